The molecule has 2 fully saturated rings. The fraction of sp³-hybridized carbons (Fsp3) is 0.688. The fourth-order valence-electron chi connectivity index (χ4n) is 3.31. The van der Waals surface area contributed by atoms with Gasteiger partial charge in [-0.15, -0.1) is 11.8 Å². The van der Waals surface area contributed by atoms with Crippen molar-refractivity contribution in [2.24, 2.45) is 5.41 Å². The number of aromatic nitrogens is 2. The van der Waals surface area contributed by atoms with Gasteiger partial charge >= 0.3 is 0 Å². The van der Waals surface area contributed by atoms with Crippen molar-refractivity contribution in [1.82, 2.24) is 15.1 Å². The molecule has 2 aliphatic heterocycles. The van der Waals surface area contributed by atoms with Gasteiger partial charge in [0.05, 0.1) is 4.87 Å². The van der Waals surface area contributed by atoms with Crippen LogP contribution in [0.15, 0.2) is 6.07 Å². The monoisotopic (exact) mass is 336 g/mol. The number of rotatable bonds is 3. The third kappa shape index (κ3) is 3.24. The first-order valence-corrected chi connectivity index (χ1v) is 8.98. The lowest BCUT2D eigenvalue weighted by atomic mass is 9.91. The van der Waals surface area contributed by atoms with Gasteiger partial charge in [0.15, 0.2) is 5.82 Å². The number of aromatic amines is 1. The lowest BCUT2D eigenvalue weighted by Gasteiger charge is -2.29. The first kappa shape index (κ1) is 16.4. The summed E-state index contributed by atoms with van der Waals surface area (Å²) in [6, 6.07) is 1.47. The van der Waals surface area contributed by atoms with Crippen molar-refractivity contribution in [2.45, 2.75) is 57.9 Å². The van der Waals surface area contributed by atoms with Crippen molar-refractivity contribution >= 4 is 29.4 Å². The van der Waals surface area contributed by atoms with E-state index in [9.17, 15) is 9.59 Å². The minimum atomic E-state index is -0.400. The summed E-state index contributed by atoms with van der Waals surface area (Å²) in [5.41, 5.74) is 1.15. The van der Waals surface area contributed by atoms with Crippen LogP contribution < -0.4 is 5.32 Å². The summed E-state index contributed by atoms with van der Waals surface area (Å²) in [6.45, 7) is 8.51. The second kappa shape index (κ2) is 5.54. The molecule has 2 saturated heterocycles. The van der Waals surface area contributed by atoms with Crippen LogP contribution in [-0.4, -0.2) is 43.6 Å². The molecule has 0 unspecified atom stereocenters. The van der Waals surface area contributed by atoms with Crippen LogP contribution in [0, 0.1) is 5.41 Å². The quantitative estimate of drug-likeness (QED) is 0.888. The number of nitrogens with zero attached hydrogens (tertiary/aromatic N) is 2. The summed E-state index contributed by atoms with van der Waals surface area (Å²) in [5, 5.41) is 9.99. The van der Waals surface area contributed by atoms with E-state index in [0.29, 0.717) is 18.0 Å². The number of anilines is 1. The standard InChI is InChI=1S/C16H24N4O2S/c1-15(2,3)8-10-7-12(19-18-10)17-14(22)11-9-23-16(4)6-5-13(21)20(11)16/h7,11H,5-6,8-9H2,1-4H3,(H2,17,18,19,22)/t11-,16-/m0/s1. The minimum absolute atomic E-state index is 0.0769. The van der Waals surface area contributed by atoms with E-state index in [1.54, 1.807) is 16.7 Å². The second-order valence-electron chi connectivity index (χ2n) is 7.77. The largest absolute Gasteiger partial charge is 0.315 e. The Bertz CT molecular complexity index is 636. The average Bonchev–Trinajstić information content (AvgIpc) is 3.05. The Labute approximate surface area is 140 Å². The SMILES string of the molecule is CC(C)(C)Cc1cc(NC(=O)[C@@H]2CS[C@@]3(C)CCC(=O)N23)n[nH]1. The summed E-state index contributed by atoms with van der Waals surface area (Å²) >= 11 is 1.70. The zero-order valence-corrected chi connectivity index (χ0v) is 14.9. The van der Waals surface area contributed by atoms with Crippen LogP contribution >= 0.6 is 11.8 Å². The van der Waals surface area contributed by atoms with E-state index in [4.69, 9.17) is 0 Å². The molecule has 2 amide bonds. The number of carbonyl (C=O) groups excluding carboxylic acids is 2. The molecule has 3 rings (SSSR count). The second-order valence-corrected chi connectivity index (χ2v) is 9.27. The van der Waals surface area contributed by atoms with E-state index in [1.807, 2.05) is 13.0 Å². The number of hydrogen-bond acceptors (Lipinski definition) is 4. The molecule has 2 atom stereocenters. The van der Waals surface area contributed by atoms with Crippen LogP contribution in [-0.2, 0) is 16.0 Å². The normalized spacial score (nSPS) is 27.4. The van der Waals surface area contributed by atoms with Gasteiger partial charge in [-0.05, 0) is 25.2 Å². The van der Waals surface area contributed by atoms with E-state index < -0.39 is 6.04 Å². The molecule has 3 heterocycles. The Morgan fingerprint density at radius 3 is 3.00 bits per heavy atom. The zero-order chi connectivity index (χ0) is 16.8. The summed E-state index contributed by atoms with van der Waals surface area (Å²) in [4.78, 5) is 26.2. The molecule has 0 radical (unpaired) electrons. The third-order valence-electron chi connectivity index (χ3n) is 4.35. The topological polar surface area (TPSA) is 78.1 Å². The number of fused-ring (bicyclic) bond motifs is 1. The molecule has 126 valence electrons. The van der Waals surface area contributed by atoms with E-state index in [1.165, 1.54) is 0 Å². The molecule has 23 heavy (non-hydrogen) atoms. The molecule has 2 N–H and O–H groups in total. The number of H-pyrrole nitrogens is 1. The van der Waals surface area contributed by atoms with Crippen molar-refractivity contribution in [3.8, 4) is 0 Å². The lowest BCUT2D eigenvalue weighted by molar-refractivity contribution is -0.135. The van der Waals surface area contributed by atoms with Gasteiger partial charge in [-0.25, -0.2) is 0 Å². The molecule has 1 aromatic rings. The van der Waals surface area contributed by atoms with Crippen LogP contribution in [0.4, 0.5) is 5.82 Å². The highest BCUT2D eigenvalue weighted by Crippen LogP contribution is 2.47. The summed E-state index contributed by atoms with van der Waals surface area (Å²) in [7, 11) is 0. The Balaban J connectivity index is 1.67. The lowest BCUT2D eigenvalue weighted by Crippen LogP contribution is -2.48. The maximum Gasteiger partial charge on any atom is 0.249 e. The summed E-state index contributed by atoms with van der Waals surface area (Å²) < 4.78 is 0. The zero-order valence-electron chi connectivity index (χ0n) is 14.1. The Kier molecular flexibility index (Phi) is 3.94. The minimum Gasteiger partial charge on any atom is -0.315 e. The summed E-state index contributed by atoms with van der Waals surface area (Å²) in [5.74, 6) is 1.10. The highest BCUT2D eigenvalue weighted by atomic mass is 32.2. The average molecular weight is 336 g/mol. The van der Waals surface area contributed by atoms with Crippen LogP contribution in [0.2, 0.25) is 0 Å². The van der Waals surface area contributed by atoms with Crippen LogP contribution in [0.3, 0.4) is 0 Å². The van der Waals surface area contributed by atoms with Crippen molar-refractivity contribution in [3.63, 3.8) is 0 Å². The highest BCUT2D eigenvalue weighted by Gasteiger charge is 2.52. The Hall–Kier alpha value is -1.50. The van der Waals surface area contributed by atoms with Gasteiger partial charge in [0.2, 0.25) is 11.8 Å². The molecule has 0 aromatic carbocycles. The maximum atomic E-state index is 12.6. The molecule has 7 heteroatoms. The van der Waals surface area contributed by atoms with Gasteiger partial charge in [-0.2, -0.15) is 5.10 Å². The van der Waals surface area contributed by atoms with Crippen LogP contribution in [0.5, 0.6) is 0 Å². The first-order valence-electron chi connectivity index (χ1n) is 7.99. The number of thioether (sulfide) groups is 1. The third-order valence-corrected chi connectivity index (χ3v) is 5.86. The van der Waals surface area contributed by atoms with E-state index in [0.717, 1.165) is 18.5 Å². The molecule has 0 spiro atoms. The molecule has 0 aliphatic carbocycles. The van der Waals surface area contributed by atoms with Gasteiger partial charge in [0, 0.05) is 23.9 Å². The number of nitrogens with one attached hydrogen (secondary N) is 2. The van der Waals surface area contributed by atoms with Gasteiger partial charge in [0.25, 0.3) is 0 Å². The smallest absolute Gasteiger partial charge is 0.249 e. The van der Waals surface area contributed by atoms with Crippen molar-refractivity contribution < 1.29 is 9.59 Å². The van der Waals surface area contributed by atoms with Crippen molar-refractivity contribution in [3.05, 3.63) is 11.8 Å². The number of amides is 2. The Morgan fingerprint density at radius 1 is 1.57 bits per heavy atom. The molecule has 2 aliphatic rings. The molecule has 6 nitrogen and oxygen atoms in total. The van der Waals surface area contributed by atoms with E-state index in [2.05, 4.69) is 36.3 Å². The van der Waals surface area contributed by atoms with Crippen molar-refractivity contribution in [1.29, 1.82) is 0 Å². The molecule has 0 saturated carbocycles. The predicted molar refractivity (Wildman–Crippen MR) is 91.1 cm³/mol. The summed E-state index contributed by atoms with van der Waals surface area (Å²) in [6.07, 6.45) is 2.21. The number of hydrogen-bond donors (Lipinski definition) is 2. The Morgan fingerprint density at radius 2 is 2.30 bits per heavy atom. The fourth-order valence-corrected chi connectivity index (χ4v) is 4.74. The maximum absolute atomic E-state index is 12.6. The van der Waals surface area contributed by atoms with Gasteiger partial charge in [-0.1, -0.05) is 20.8 Å². The molecular weight excluding hydrogens is 312 g/mol. The predicted octanol–water partition coefficient (Wildman–Crippen LogP) is 2.39. The van der Waals surface area contributed by atoms with Crippen LogP contribution in [0.25, 0.3) is 0 Å². The van der Waals surface area contributed by atoms with Crippen molar-refractivity contribution in [2.75, 3.05) is 11.1 Å². The highest BCUT2D eigenvalue weighted by molar-refractivity contribution is 8.01. The molecular formula is C16H24N4O2S. The van der Waals surface area contributed by atoms with Gasteiger partial charge in [0.1, 0.15) is 6.04 Å². The first-order chi connectivity index (χ1) is 10.7. The van der Waals surface area contributed by atoms with E-state index >= 15 is 0 Å². The molecule has 0 bridgehead atoms. The van der Waals surface area contributed by atoms with E-state index in [-0.39, 0.29) is 22.1 Å². The van der Waals surface area contributed by atoms with Gasteiger partial charge < -0.3 is 10.2 Å². The van der Waals surface area contributed by atoms with Crippen LogP contribution in [0.1, 0.15) is 46.2 Å². The molecule has 1 aromatic heterocycles. The van der Waals surface area contributed by atoms with Gasteiger partial charge in [-0.3, -0.25) is 14.7 Å². The number of carbonyl (C=O) groups is 2.